The van der Waals surface area contributed by atoms with Crippen LogP contribution in [0.15, 0.2) is 83.0 Å². The van der Waals surface area contributed by atoms with Crippen molar-refractivity contribution in [1.29, 1.82) is 0 Å². The maximum absolute atomic E-state index is 4.61. The number of aromatic nitrogens is 2. The molecule has 4 aromatic rings. The normalized spacial score (nSPS) is 11.8. The van der Waals surface area contributed by atoms with E-state index in [9.17, 15) is 0 Å². The molecular weight excluding hydrogens is 296 g/mol. The number of benzene rings is 2. The zero-order valence-corrected chi connectivity index (χ0v) is 13.0. The highest BCUT2D eigenvalue weighted by atomic mass is 14.8. The lowest BCUT2D eigenvalue weighted by Gasteiger charge is -2.04. The fourth-order valence-electron chi connectivity index (χ4n) is 2.63. The van der Waals surface area contributed by atoms with Crippen LogP contribution < -0.4 is 0 Å². The Morgan fingerprint density at radius 3 is 1.50 bits per heavy atom. The number of nitrogens with zero attached hydrogens (tertiary/aromatic N) is 2. The van der Waals surface area contributed by atoms with Crippen LogP contribution in [0.25, 0.3) is 10.8 Å². The Balaban J connectivity index is 1.74. The summed E-state index contributed by atoms with van der Waals surface area (Å²) in [7, 11) is 0. The molecule has 116 valence electrons. The lowest BCUT2D eigenvalue weighted by molar-refractivity contribution is 1.38. The van der Waals surface area contributed by atoms with E-state index in [0.29, 0.717) is 0 Å². The Morgan fingerprint density at radius 1 is 0.583 bits per heavy atom. The van der Waals surface area contributed by atoms with Crippen LogP contribution in [0.4, 0.5) is 11.4 Å². The molecule has 0 spiro atoms. The van der Waals surface area contributed by atoms with Gasteiger partial charge in [0.05, 0.1) is 35.2 Å². The average Bonchev–Trinajstić information content (AvgIpc) is 3.31. The van der Waals surface area contributed by atoms with Crippen LogP contribution in [0.3, 0.4) is 0 Å². The first-order chi connectivity index (χ1) is 11.9. The molecule has 4 nitrogen and oxygen atoms in total. The number of H-pyrrole nitrogens is 2. The van der Waals surface area contributed by atoms with Crippen LogP contribution in [0.2, 0.25) is 0 Å². The summed E-state index contributed by atoms with van der Waals surface area (Å²) < 4.78 is 0. The maximum atomic E-state index is 4.61. The Morgan fingerprint density at radius 2 is 1.08 bits per heavy atom. The lowest BCUT2D eigenvalue weighted by Crippen LogP contribution is -1.81. The molecule has 2 aromatic carbocycles. The van der Waals surface area contributed by atoms with Gasteiger partial charge in [0.25, 0.3) is 0 Å². The number of fused-ring (bicyclic) bond motifs is 1. The van der Waals surface area contributed by atoms with Gasteiger partial charge in [-0.3, -0.25) is 9.98 Å². The molecular formula is C20H16N4. The Bertz CT molecular complexity index is 910. The summed E-state index contributed by atoms with van der Waals surface area (Å²) in [6.45, 7) is 0. The van der Waals surface area contributed by atoms with E-state index in [-0.39, 0.29) is 0 Å². The van der Waals surface area contributed by atoms with Crippen LogP contribution in [0.5, 0.6) is 0 Å². The standard InChI is InChI=1S/C20H16N4/c1-7-17-18(19(9-1)23-13-15-5-3-11-21-15)8-2-10-20(17)24-14-16-6-4-12-22-16/h1-14,21-22H. The highest BCUT2D eigenvalue weighted by Crippen LogP contribution is 2.32. The molecule has 0 fully saturated rings. The van der Waals surface area contributed by atoms with E-state index in [1.165, 1.54) is 0 Å². The highest BCUT2D eigenvalue weighted by molar-refractivity contribution is 6.01. The molecule has 0 aliphatic heterocycles. The second-order valence-electron chi connectivity index (χ2n) is 5.42. The van der Waals surface area contributed by atoms with Crippen molar-refractivity contribution in [2.45, 2.75) is 0 Å². The molecule has 2 heterocycles. The lowest BCUT2D eigenvalue weighted by atomic mass is 10.1. The molecule has 4 rings (SSSR count). The molecule has 0 amide bonds. The van der Waals surface area contributed by atoms with Gasteiger partial charge in [0, 0.05) is 23.2 Å². The minimum Gasteiger partial charge on any atom is -0.360 e. The molecule has 0 radical (unpaired) electrons. The molecule has 4 heteroatoms. The minimum absolute atomic E-state index is 0.930. The summed E-state index contributed by atoms with van der Waals surface area (Å²) in [6, 6.07) is 20.1. The summed E-state index contributed by atoms with van der Waals surface area (Å²) in [4.78, 5) is 15.5. The van der Waals surface area contributed by atoms with Gasteiger partial charge in [0.2, 0.25) is 0 Å². The van der Waals surface area contributed by atoms with Crippen molar-refractivity contribution in [3.63, 3.8) is 0 Å². The van der Waals surface area contributed by atoms with Crippen molar-refractivity contribution < 1.29 is 0 Å². The predicted molar refractivity (Wildman–Crippen MR) is 100 cm³/mol. The number of hydrogen-bond acceptors (Lipinski definition) is 2. The van der Waals surface area contributed by atoms with Crippen molar-refractivity contribution in [1.82, 2.24) is 9.97 Å². The first kappa shape index (κ1) is 14.2. The fraction of sp³-hybridized carbons (Fsp3) is 0. The SMILES string of the molecule is C(=Nc1cccc2c(N=Cc3ccc[nH]3)cccc12)c1ccc[nH]1. The van der Waals surface area contributed by atoms with Crippen LogP contribution in [-0.4, -0.2) is 22.4 Å². The maximum Gasteiger partial charge on any atom is 0.0709 e. The average molecular weight is 312 g/mol. The number of rotatable bonds is 4. The molecule has 0 saturated carbocycles. The second-order valence-corrected chi connectivity index (χ2v) is 5.42. The Labute approximate surface area is 139 Å². The van der Waals surface area contributed by atoms with Gasteiger partial charge in [0.15, 0.2) is 0 Å². The Kier molecular flexibility index (Phi) is 3.78. The smallest absolute Gasteiger partial charge is 0.0709 e. The first-order valence-corrected chi connectivity index (χ1v) is 7.77. The van der Waals surface area contributed by atoms with Gasteiger partial charge in [-0.25, -0.2) is 0 Å². The van der Waals surface area contributed by atoms with Crippen LogP contribution >= 0.6 is 0 Å². The molecule has 0 aliphatic rings. The van der Waals surface area contributed by atoms with Gasteiger partial charge in [-0.1, -0.05) is 24.3 Å². The highest BCUT2D eigenvalue weighted by Gasteiger charge is 2.03. The van der Waals surface area contributed by atoms with Gasteiger partial charge in [0.1, 0.15) is 0 Å². The van der Waals surface area contributed by atoms with E-state index in [1.807, 2.05) is 73.4 Å². The first-order valence-electron chi connectivity index (χ1n) is 7.77. The molecule has 0 saturated heterocycles. The zero-order chi connectivity index (χ0) is 16.2. The number of hydrogen-bond donors (Lipinski definition) is 2. The van der Waals surface area contributed by atoms with Crippen LogP contribution in [0, 0.1) is 0 Å². The number of nitrogens with one attached hydrogen (secondary N) is 2. The van der Waals surface area contributed by atoms with Gasteiger partial charge in [-0.05, 0) is 36.4 Å². The van der Waals surface area contributed by atoms with Crippen molar-refractivity contribution in [2.75, 3.05) is 0 Å². The van der Waals surface area contributed by atoms with Gasteiger partial charge in [-0.15, -0.1) is 0 Å². The zero-order valence-electron chi connectivity index (χ0n) is 13.0. The summed E-state index contributed by atoms with van der Waals surface area (Å²) in [5, 5.41) is 2.17. The van der Waals surface area contributed by atoms with E-state index in [2.05, 4.69) is 32.1 Å². The summed E-state index contributed by atoms with van der Waals surface area (Å²) >= 11 is 0. The van der Waals surface area contributed by atoms with Crippen LogP contribution in [0.1, 0.15) is 11.4 Å². The molecule has 0 aliphatic carbocycles. The monoisotopic (exact) mass is 312 g/mol. The molecule has 2 aromatic heterocycles. The third kappa shape index (κ3) is 2.90. The quantitative estimate of drug-likeness (QED) is 0.498. The largest absolute Gasteiger partial charge is 0.360 e. The van der Waals surface area contributed by atoms with Crippen molar-refractivity contribution >= 4 is 34.6 Å². The Hall–Kier alpha value is -3.40. The molecule has 0 unspecified atom stereocenters. The fourth-order valence-corrected chi connectivity index (χ4v) is 2.63. The summed E-state index contributed by atoms with van der Waals surface area (Å²) in [6.07, 6.45) is 7.45. The van der Waals surface area contributed by atoms with Crippen molar-refractivity contribution in [3.05, 3.63) is 84.4 Å². The van der Waals surface area contributed by atoms with Crippen molar-refractivity contribution in [2.24, 2.45) is 9.98 Å². The van der Waals surface area contributed by atoms with E-state index in [4.69, 9.17) is 0 Å². The van der Waals surface area contributed by atoms with Crippen molar-refractivity contribution in [3.8, 4) is 0 Å². The minimum atomic E-state index is 0.930. The van der Waals surface area contributed by atoms with Gasteiger partial charge < -0.3 is 9.97 Å². The number of aromatic amines is 2. The summed E-state index contributed by atoms with van der Waals surface area (Å²) in [5.74, 6) is 0. The third-order valence-corrected chi connectivity index (χ3v) is 3.81. The number of aliphatic imine (C=N–C) groups is 2. The van der Waals surface area contributed by atoms with Gasteiger partial charge in [-0.2, -0.15) is 0 Å². The molecule has 0 atom stereocenters. The van der Waals surface area contributed by atoms with E-state index in [1.54, 1.807) is 0 Å². The van der Waals surface area contributed by atoms with Crippen LogP contribution in [-0.2, 0) is 0 Å². The third-order valence-electron chi connectivity index (χ3n) is 3.81. The van der Waals surface area contributed by atoms with E-state index < -0.39 is 0 Å². The van der Waals surface area contributed by atoms with Gasteiger partial charge >= 0.3 is 0 Å². The molecule has 2 N–H and O–H groups in total. The predicted octanol–water partition coefficient (Wildman–Crippen LogP) is 5.00. The second kappa shape index (κ2) is 6.38. The molecule has 24 heavy (non-hydrogen) atoms. The van der Waals surface area contributed by atoms with E-state index in [0.717, 1.165) is 33.5 Å². The molecule has 0 bridgehead atoms. The van der Waals surface area contributed by atoms with E-state index >= 15 is 0 Å². The topological polar surface area (TPSA) is 56.3 Å². The summed E-state index contributed by atoms with van der Waals surface area (Å²) in [5.41, 5.74) is 3.82.